The van der Waals surface area contributed by atoms with Gasteiger partial charge in [-0.2, -0.15) is 0 Å². The van der Waals surface area contributed by atoms with Crippen molar-refractivity contribution >= 4 is 43.9 Å². The minimum absolute atomic E-state index is 0.223. The quantitative estimate of drug-likeness (QED) is 0.704. The van der Waals surface area contributed by atoms with Gasteiger partial charge in [0.1, 0.15) is 15.7 Å². The number of rotatable bonds is 5. The molecule has 0 aliphatic carbocycles. The highest BCUT2D eigenvalue weighted by molar-refractivity contribution is 7.21. The van der Waals surface area contributed by atoms with Crippen molar-refractivity contribution in [3.8, 4) is 0 Å². The molecule has 0 saturated heterocycles. The second-order valence-corrected chi connectivity index (χ2v) is 7.86. The van der Waals surface area contributed by atoms with Crippen molar-refractivity contribution in [2.45, 2.75) is 26.8 Å². The van der Waals surface area contributed by atoms with Gasteiger partial charge in [0, 0.05) is 0 Å². The van der Waals surface area contributed by atoms with Crippen LogP contribution in [0.5, 0.6) is 0 Å². The van der Waals surface area contributed by atoms with E-state index in [4.69, 9.17) is 0 Å². The molecule has 0 atom stereocenters. The van der Waals surface area contributed by atoms with E-state index in [0.29, 0.717) is 38.2 Å². The number of hydrogen-bond acceptors (Lipinski definition) is 8. The third kappa shape index (κ3) is 3.60. The molecule has 132 valence electrons. The normalized spacial score (nSPS) is 11.4. The fourth-order valence-electron chi connectivity index (χ4n) is 2.38. The lowest BCUT2D eigenvalue weighted by Crippen LogP contribution is -2.18. The summed E-state index contributed by atoms with van der Waals surface area (Å²) in [6.07, 6.45) is 0.767. The van der Waals surface area contributed by atoms with Crippen LogP contribution in [0.3, 0.4) is 0 Å². The molecule has 8 nitrogen and oxygen atoms in total. The molecule has 3 aromatic rings. The number of amides is 1. The van der Waals surface area contributed by atoms with Crippen LogP contribution in [-0.2, 0) is 13.0 Å². The SMILES string of the molecule is CCc1nnc(NC(=O)c2sc3nc(CN(C)C)[nH]c(=O)c3c2C)s1. The zero-order chi connectivity index (χ0) is 18.1. The number of carbonyl (C=O) groups is 1. The summed E-state index contributed by atoms with van der Waals surface area (Å²) in [5, 5.41) is 12.5. The molecule has 0 aromatic carbocycles. The minimum Gasteiger partial charge on any atom is -0.309 e. The number of aromatic nitrogens is 4. The molecule has 0 bridgehead atoms. The van der Waals surface area contributed by atoms with Gasteiger partial charge in [0.2, 0.25) is 5.13 Å². The molecule has 0 radical (unpaired) electrons. The lowest BCUT2D eigenvalue weighted by Gasteiger charge is -2.07. The van der Waals surface area contributed by atoms with Crippen LogP contribution in [0.25, 0.3) is 10.2 Å². The van der Waals surface area contributed by atoms with Gasteiger partial charge in [-0.3, -0.25) is 14.9 Å². The zero-order valence-corrected chi connectivity index (χ0v) is 16.0. The largest absolute Gasteiger partial charge is 0.309 e. The molecule has 0 saturated carbocycles. The number of fused-ring (bicyclic) bond motifs is 1. The Balaban J connectivity index is 1.96. The van der Waals surface area contributed by atoms with Gasteiger partial charge < -0.3 is 9.88 Å². The van der Waals surface area contributed by atoms with Crippen LogP contribution in [-0.4, -0.2) is 45.1 Å². The van der Waals surface area contributed by atoms with Crippen LogP contribution in [0.2, 0.25) is 0 Å². The first-order valence-electron chi connectivity index (χ1n) is 7.69. The molecule has 3 heterocycles. The molecule has 25 heavy (non-hydrogen) atoms. The molecule has 0 unspecified atom stereocenters. The molecule has 0 fully saturated rings. The van der Waals surface area contributed by atoms with Crippen molar-refractivity contribution in [3.63, 3.8) is 0 Å². The van der Waals surface area contributed by atoms with Gasteiger partial charge in [0.05, 0.1) is 16.8 Å². The third-order valence-electron chi connectivity index (χ3n) is 3.51. The first-order chi connectivity index (χ1) is 11.9. The van der Waals surface area contributed by atoms with Gasteiger partial charge in [-0.25, -0.2) is 4.98 Å². The van der Waals surface area contributed by atoms with E-state index in [-0.39, 0.29) is 11.5 Å². The number of hydrogen-bond donors (Lipinski definition) is 2. The van der Waals surface area contributed by atoms with Gasteiger partial charge in [-0.1, -0.05) is 18.3 Å². The number of nitrogens with zero attached hydrogens (tertiary/aromatic N) is 4. The Kier molecular flexibility index (Phi) is 4.93. The smallest absolute Gasteiger partial charge is 0.267 e. The average molecular weight is 378 g/mol. The number of aryl methyl sites for hydroxylation is 2. The minimum atomic E-state index is -0.298. The number of H-pyrrole nitrogens is 1. The van der Waals surface area contributed by atoms with E-state index < -0.39 is 0 Å². The predicted octanol–water partition coefficient (Wildman–Crippen LogP) is 2.02. The molecule has 3 aromatic heterocycles. The second-order valence-electron chi connectivity index (χ2n) is 5.80. The summed E-state index contributed by atoms with van der Waals surface area (Å²) < 4.78 is 0. The fourth-order valence-corrected chi connectivity index (χ4v) is 4.15. The van der Waals surface area contributed by atoms with Gasteiger partial charge in [-0.15, -0.1) is 21.5 Å². The summed E-state index contributed by atoms with van der Waals surface area (Å²) in [5.74, 6) is 0.278. The topological polar surface area (TPSA) is 104 Å². The number of anilines is 1. The van der Waals surface area contributed by atoms with E-state index in [2.05, 4.69) is 25.5 Å². The number of aromatic amines is 1. The van der Waals surface area contributed by atoms with E-state index >= 15 is 0 Å². The van der Waals surface area contributed by atoms with E-state index in [1.807, 2.05) is 25.9 Å². The van der Waals surface area contributed by atoms with E-state index in [1.165, 1.54) is 22.7 Å². The molecular weight excluding hydrogens is 360 g/mol. The summed E-state index contributed by atoms with van der Waals surface area (Å²) in [5.41, 5.74) is 0.404. The van der Waals surface area contributed by atoms with Gasteiger partial charge in [0.25, 0.3) is 11.5 Å². The number of thiophene rings is 1. The molecule has 0 spiro atoms. The van der Waals surface area contributed by atoms with E-state index in [1.54, 1.807) is 6.92 Å². The number of carbonyl (C=O) groups excluding carboxylic acids is 1. The Morgan fingerprint density at radius 1 is 1.28 bits per heavy atom. The van der Waals surface area contributed by atoms with Crippen LogP contribution in [0.4, 0.5) is 5.13 Å². The Hall–Kier alpha value is -2.17. The second kappa shape index (κ2) is 6.98. The van der Waals surface area contributed by atoms with Crippen molar-refractivity contribution in [1.29, 1.82) is 0 Å². The van der Waals surface area contributed by atoms with Crippen molar-refractivity contribution in [1.82, 2.24) is 25.1 Å². The first kappa shape index (κ1) is 17.6. The maximum Gasteiger partial charge on any atom is 0.267 e. The number of nitrogens with one attached hydrogen (secondary N) is 2. The highest BCUT2D eigenvalue weighted by Gasteiger charge is 2.20. The molecular formula is C15H18N6O2S2. The summed E-state index contributed by atoms with van der Waals surface area (Å²) in [6, 6.07) is 0. The molecule has 10 heteroatoms. The summed E-state index contributed by atoms with van der Waals surface area (Å²) in [7, 11) is 3.80. The fraction of sp³-hybridized carbons (Fsp3) is 0.400. The lowest BCUT2D eigenvalue weighted by molar-refractivity contribution is 0.103. The molecule has 2 N–H and O–H groups in total. The Morgan fingerprint density at radius 2 is 2.04 bits per heavy atom. The molecule has 0 aliphatic heterocycles. The van der Waals surface area contributed by atoms with Gasteiger partial charge in [-0.05, 0) is 33.0 Å². The van der Waals surface area contributed by atoms with Crippen molar-refractivity contribution < 1.29 is 4.79 Å². The van der Waals surface area contributed by atoms with E-state index in [9.17, 15) is 9.59 Å². The monoisotopic (exact) mass is 378 g/mol. The van der Waals surface area contributed by atoms with Crippen LogP contribution >= 0.6 is 22.7 Å². The van der Waals surface area contributed by atoms with Crippen LogP contribution in [0.1, 0.15) is 33.0 Å². The standard InChI is InChI=1S/C15H18N6O2S2/c1-5-9-19-20-15(24-9)18-13(23)11-7(2)10-12(22)16-8(6-21(3)4)17-14(10)25-11/h5-6H2,1-4H3,(H,16,17,22)(H,18,20,23). The van der Waals surface area contributed by atoms with E-state index in [0.717, 1.165) is 11.4 Å². The highest BCUT2D eigenvalue weighted by atomic mass is 32.1. The zero-order valence-electron chi connectivity index (χ0n) is 14.3. The lowest BCUT2D eigenvalue weighted by atomic mass is 10.2. The van der Waals surface area contributed by atoms with Crippen LogP contribution in [0, 0.1) is 6.92 Å². The highest BCUT2D eigenvalue weighted by Crippen LogP contribution is 2.28. The Bertz CT molecular complexity index is 988. The summed E-state index contributed by atoms with van der Waals surface area (Å²) in [4.78, 5) is 35.1. The molecule has 3 rings (SSSR count). The van der Waals surface area contributed by atoms with Crippen molar-refractivity contribution in [2.75, 3.05) is 19.4 Å². The summed E-state index contributed by atoms with van der Waals surface area (Å²) in [6.45, 7) is 4.26. The van der Waals surface area contributed by atoms with Crippen molar-refractivity contribution in [2.24, 2.45) is 0 Å². The van der Waals surface area contributed by atoms with Gasteiger partial charge in [0.15, 0.2) is 0 Å². The molecule has 1 amide bonds. The maximum atomic E-state index is 12.6. The van der Waals surface area contributed by atoms with Crippen LogP contribution in [0.15, 0.2) is 4.79 Å². The average Bonchev–Trinajstić information content (AvgIpc) is 3.11. The van der Waals surface area contributed by atoms with Crippen molar-refractivity contribution in [3.05, 3.63) is 31.6 Å². The predicted molar refractivity (Wildman–Crippen MR) is 99.6 cm³/mol. The van der Waals surface area contributed by atoms with Gasteiger partial charge >= 0.3 is 0 Å². The summed E-state index contributed by atoms with van der Waals surface area (Å²) >= 11 is 2.56. The molecule has 0 aliphatic rings. The Labute approximate surface area is 151 Å². The Morgan fingerprint density at radius 3 is 2.68 bits per heavy atom. The maximum absolute atomic E-state index is 12.6. The third-order valence-corrected chi connectivity index (χ3v) is 5.68. The van der Waals surface area contributed by atoms with Crippen LogP contribution < -0.4 is 10.9 Å². The first-order valence-corrected chi connectivity index (χ1v) is 9.33.